The summed E-state index contributed by atoms with van der Waals surface area (Å²) in [6, 6.07) is 19.5. The largest absolute Gasteiger partial charge is 0.489 e. The van der Waals surface area contributed by atoms with E-state index in [1.165, 1.54) is 5.56 Å². The monoisotopic (exact) mass is 383 g/mol. The first-order valence-corrected chi connectivity index (χ1v) is 9.05. The van der Waals surface area contributed by atoms with E-state index in [9.17, 15) is 0 Å². The third kappa shape index (κ3) is 4.87. The molecule has 132 valence electrons. The molecule has 3 aromatic carbocycles. The van der Waals surface area contributed by atoms with Crippen molar-refractivity contribution >= 4 is 35.1 Å². The Morgan fingerprint density at radius 2 is 1.69 bits per heavy atom. The van der Waals surface area contributed by atoms with Gasteiger partial charge in [-0.25, -0.2) is 0 Å². The molecule has 0 heterocycles. The normalized spacial score (nSPS) is 11.1. The SMILES string of the molecule is Cc1ccc(C)c(N=Cc2ccc(OCc3ccc(Cl)cc3Cl)cc2)c1. The van der Waals surface area contributed by atoms with Gasteiger partial charge in [0.2, 0.25) is 0 Å². The highest BCUT2D eigenvalue weighted by molar-refractivity contribution is 6.35. The molecule has 4 heteroatoms. The van der Waals surface area contributed by atoms with E-state index < -0.39 is 0 Å². The Morgan fingerprint density at radius 3 is 2.42 bits per heavy atom. The number of benzene rings is 3. The highest BCUT2D eigenvalue weighted by Crippen LogP contribution is 2.23. The molecule has 3 aromatic rings. The van der Waals surface area contributed by atoms with Crippen LogP contribution in [0.2, 0.25) is 10.0 Å². The van der Waals surface area contributed by atoms with Gasteiger partial charge in [0.15, 0.2) is 0 Å². The molecule has 0 aliphatic carbocycles. The Bertz CT molecular complexity index is 933. The number of aryl methyl sites for hydroxylation is 2. The van der Waals surface area contributed by atoms with E-state index in [4.69, 9.17) is 27.9 Å². The van der Waals surface area contributed by atoms with E-state index in [0.29, 0.717) is 16.7 Å². The molecule has 0 spiro atoms. The molecule has 26 heavy (non-hydrogen) atoms. The molecule has 0 N–H and O–H groups in total. The van der Waals surface area contributed by atoms with Crippen molar-refractivity contribution in [1.82, 2.24) is 0 Å². The molecule has 0 aliphatic heterocycles. The maximum Gasteiger partial charge on any atom is 0.119 e. The lowest BCUT2D eigenvalue weighted by Crippen LogP contribution is -1.96. The van der Waals surface area contributed by atoms with Crippen LogP contribution >= 0.6 is 23.2 Å². The molecule has 0 bridgehead atoms. The van der Waals surface area contributed by atoms with Crippen LogP contribution in [0, 0.1) is 13.8 Å². The van der Waals surface area contributed by atoms with Crippen LogP contribution in [0.3, 0.4) is 0 Å². The fraction of sp³-hybridized carbons (Fsp3) is 0.136. The first-order chi connectivity index (χ1) is 12.5. The molecule has 0 aliphatic rings. The average molecular weight is 384 g/mol. The Balaban J connectivity index is 1.64. The number of hydrogen-bond donors (Lipinski definition) is 0. The minimum absolute atomic E-state index is 0.395. The van der Waals surface area contributed by atoms with Crippen LogP contribution in [0.25, 0.3) is 0 Å². The number of hydrogen-bond acceptors (Lipinski definition) is 2. The molecular weight excluding hydrogens is 365 g/mol. The van der Waals surface area contributed by atoms with E-state index in [0.717, 1.165) is 28.1 Å². The van der Waals surface area contributed by atoms with Crippen LogP contribution in [0.4, 0.5) is 5.69 Å². The van der Waals surface area contributed by atoms with Gasteiger partial charge >= 0.3 is 0 Å². The summed E-state index contributed by atoms with van der Waals surface area (Å²) in [7, 11) is 0. The molecule has 3 rings (SSSR count). The van der Waals surface area contributed by atoms with Crippen molar-refractivity contribution in [3.05, 3.63) is 93.0 Å². The zero-order valence-electron chi connectivity index (χ0n) is 14.7. The summed E-state index contributed by atoms with van der Waals surface area (Å²) in [5.74, 6) is 0.778. The highest BCUT2D eigenvalue weighted by atomic mass is 35.5. The second-order valence-corrected chi connectivity index (χ2v) is 6.99. The predicted octanol–water partition coefficient (Wildman–Crippen LogP) is 6.94. The standard InChI is InChI=1S/C22H19Cl2NO/c1-15-3-4-16(2)22(11-15)25-13-17-5-9-20(10-6-17)26-14-18-7-8-19(23)12-21(18)24/h3-13H,14H2,1-2H3. The number of nitrogens with zero attached hydrogens (tertiary/aromatic N) is 1. The molecule has 0 saturated heterocycles. The molecule has 0 unspecified atom stereocenters. The predicted molar refractivity (Wildman–Crippen MR) is 110 cm³/mol. The Morgan fingerprint density at radius 1 is 0.923 bits per heavy atom. The summed E-state index contributed by atoms with van der Waals surface area (Å²) in [6.45, 7) is 4.52. The van der Waals surface area contributed by atoms with Crippen molar-refractivity contribution in [2.45, 2.75) is 20.5 Å². The van der Waals surface area contributed by atoms with Crippen LogP contribution in [-0.4, -0.2) is 6.21 Å². The maximum absolute atomic E-state index is 6.16. The van der Waals surface area contributed by atoms with Gasteiger partial charge in [0, 0.05) is 21.8 Å². The summed E-state index contributed by atoms with van der Waals surface area (Å²) in [5.41, 5.74) is 5.26. The molecule has 0 amide bonds. The summed E-state index contributed by atoms with van der Waals surface area (Å²) >= 11 is 12.1. The van der Waals surface area contributed by atoms with E-state index in [1.54, 1.807) is 12.1 Å². The van der Waals surface area contributed by atoms with Gasteiger partial charge in [0.1, 0.15) is 12.4 Å². The van der Waals surface area contributed by atoms with Crippen LogP contribution in [0.1, 0.15) is 22.3 Å². The highest BCUT2D eigenvalue weighted by Gasteiger charge is 2.03. The lowest BCUT2D eigenvalue weighted by Gasteiger charge is -2.08. The van der Waals surface area contributed by atoms with Crippen molar-refractivity contribution in [2.75, 3.05) is 0 Å². The Hall–Kier alpha value is -2.29. The quantitative estimate of drug-likeness (QED) is 0.437. The topological polar surface area (TPSA) is 21.6 Å². The average Bonchev–Trinajstić information content (AvgIpc) is 2.63. The number of rotatable bonds is 5. The van der Waals surface area contributed by atoms with Crippen molar-refractivity contribution < 1.29 is 4.74 Å². The lowest BCUT2D eigenvalue weighted by molar-refractivity contribution is 0.306. The van der Waals surface area contributed by atoms with Crippen molar-refractivity contribution in [2.24, 2.45) is 4.99 Å². The lowest BCUT2D eigenvalue weighted by atomic mass is 10.1. The first-order valence-electron chi connectivity index (χ1n) is 8.29. The molecule has 0 aromatic heterocycles. The van der Waals surface area contributed by atoms with Crippen molar-refractivity contribution in [3.63, 3.8) is 0 Å². The van der Waals surface area contributed by atoms with Gasteiger partial charge in [-0.1, -0.05) is 41.4 Å². The van der Waals surface area contributed by atoms with Crippen LogP contribution in [-0.2, 0) is 6.61 Å². The third-order valence-electron chi connectivity index (χ3n) is 4.01. The fourth-order valence-corrected chi connectivity index (χ4v) is 2.92. The van der Waals surface area contributed by atoms with Gasteiger partial charge in [-0.2, -0.15) is 0 Å². The summed E-state index contributed by atoms with van der Waals surface area (Å²) < 4.78 is 5.79. The smallest absolute Gasteiger partial charge is 0.119 e. The number of halogens is 2. The third-order valence-corrected chi connectivity index (χ3v) is 4.59. The van der Waals surface area contributed by atoms with E-state index in [2.05, 4.69) is 37.0 Å². The first kappa shape index (κ1) is 18.5. The van der Waals surface area contributed by atoms with Crippen LogP contribution < -0.4 is 4.74 Å². The van der Waals surface area contributed by atoms with E-state index >= 15 is 0 Å². The minimum atomic E-state index is 0.395. The fourth-order valence-electron chi connectivity index (χ4n) is 2.45. The molecule has 0 radical (unpaired) electrons. The van der Waals surface area contributed by atoms with Gasteiger partial charge in [-0.15, -0.1) is 0 Å². The zero-order valence-corrected chi connectivity index (χ0v) is 16.2. The van der Waals surface area contributed by atoms with Crippen molar-refractivity contribution in [1.29, 1.82) is 0 Å². The van der Waals surface area contributed by atoms with Crippen LogP contribution in [0.5, 0.6) is 5.75 Å². The van der Waals surface area contributed by atoms with Gasteiger partial charge < -0.3 is 4.74 Å². The van der Waals surface area contributed by atoms with Crippen LogP contribution in [0.15, 0.2) is 65.7 Å². The summed E-state index contributed by atoms with van der Waals surface area (Å²) in [6.07, 6.45) is 1.86. The maximum atomic E-state index is 6.16. The molecule has 0 fully saturated rings. The zero-order chi connectivity index (χ0) is 18.5. The molecular formula is C22H19Cl2NO. The minimum Gasteiger partial charge on any atom is -0.489 e. The number of ether oxygens (including phenoxy) is 1. The van der Waals surface area contributed by atoms with E-state index in [1.807, 2.05) is 36.5 Å². The Kier molecular flexibility index (Phi) is 5.97. The second-order valence-electron chi connectivity index (χ2n) is 6.14. The summed E-state index contributed by atoms with van der Waals surface area (Å²) in [4.78, 5) is 4.58. The Labute approximate surface area is 164 Å². The van der Waals surface area contributed by atoms with Crippen molar-refractivity contribution in [3.8, 4) is 5.75 Å². The van der Waals surface area contributed by atoms with Gasteiger partial charge in [0.05, 0.1) is 5.69 Å². The summed E-state index contributed by atoms with van der Waals surface area (Å²) in [5, 5.41) is 1.22. The van der Waals surface area contributed by atoms with Gasteiger partial charge in [-0.05, 0) is 73.0 Å². The molecule has 2 nitrogen and oxygen atoms in total. The second kappa shape index (κ2) is 8.39. The van der Waals surface area contributed by atoms with Gasteiger partial charge in [-0.3, -0.25) is 4.99 Å². The van der Waals surface area contributed by atoms with E-state index in [-0.39, 0.29) is 0 Å². The molecule has 0 atom stereocenters. The molecule has 0 saturated carbocycles. The van der Waals surface area contributed by atoms with Gasteiger partial charge in [0.25, 0.3) is 0 Å². The number of aliphatic imine (C=N–C) groups is 1.